The molecule has 0 aliphatic carbocycles. The van der Waals surface area contributed by atoms with Crippen molar-refractivity contribution in [2.75, 3.05) is 13.6 Å². The second kappa shape index (κ2) is 7.20. The van der Waals surface area contributed by atoms with Gasteiger partial charge in [-0.15, -0.1) is 0 Å². The number of benzene rings is 2. The highest BCUT2D eigenvalue weighted by molar-refractivity contribution is 5.23. The molecule has 0 aliphatic heterocycles. The summed E-state index contributed by atoms with van der Waals surface area (Å²) in [5, 5.41) is 3.26. The molecule has 0 amide bonds. The summed E-state index contributed by atoms with van der Waals surface area (Å²) in [4.78, 5) is 0. The summed E-state index contributed by atoms with van der Waals surface area (Å²) in [5.74, 6) is 0.352. The molecular weight excluding hydrogens is 249 g/mol. The SMILES string of the molecule is CNCC(Cc1ccc(F)cc1)Cc1cccc(C)c1. The third-order valence-corrected chi connectivity index (χ3v) is 3.54. The van der Waals surface area contributed by atoms with Crippen LogP contribution in [0.2, 0.25) is 0 Å². The maximum Gasteiger partial charge on any atom is 0.123 e. The summed E-state index contributed by atoms with van der Waals surface area (Å²) in [5.41, 5.74) is 3.86. The summed E-state index contributed by atoms with van der Waals surface area (Å²) in [6.45, 7) is 3.09. The minimum absolute atomic E-state index is 0.169. The van der Waals surface area contributed by atoms with E-state index in [-0.39, 0.29) is 5.82 Å². The fourth-order valence-corrected chi connectivity index (χ4v) is 2.63. The third-order valence-electron chi connectivity index (χ3n) is 3.54. The molecule has 20 heavy (non-hydrogen) atoms. The van der Waals surface area contributed by atoms with Gasteiger partial charge in [0.05, 0.1) is 0 Å². The van der Waals surface area contributed by atoms with Gasteiger partial charge in [0.25, 0.3) is 0 Å². The van der Waals surface area contributed by atoms with Crippen LogP contribution in [-0.4, -0.2) is 13.6 Å². The summed E-state index contributed by atoms with van der Waals surface area (Å²) < 4.78 is 13.0. The van der Waals surface area contributed by atoms with E-state index in [1.807, 2.05) is 19.2 Å². The maximum absolute atomic E-state index is 13.0. The molecule has 106 valence electrons. The summed E-state index contributed by atoms with van der Waals surface area (Å²) in [7, 11) is 1.98. The van der Waals surface area contributed by atoms with E-state index in [1.54, 1.807) is 12.1 Å². The zero-order valence-corrected chi connectivity index (χ0v) is 12.2. The standard InChI is InChI=1S/C18H22FN/c1-14-4-3-5-16(10-14)12-17(13-20-2)11-15-6-8-18(19)9-7-15/h3-10,17,20H,11-13H2,1-2H3. The van der Waals surface area contributed by atoms with Crippen LogP contribution in [0.4, 0.5) is 4.39 Å². The number of hydrogen-bond acceptors (Lipinski definition) is 1. The number of rotatable bonds is 6. The summed E-state index contributed by atoms with van der Waals surface area (Å²) >= 11 is 0. The molecule has 0 aliphatic rings. The fourth-order valence-electron chi connectivity index (χ4n) is 2.63. The summed E-state index contributed by atoms with van der Waals surface area (Å²) in [6.07, 6.45) is 2.01. The molecule has 0 saturated heterocycles. The van der Waals surface area contributed by atoms with Crippen LogP contribution in [0.25, 0.3) is 0 Å². The Morgan fingerprint density at radius 1 is 1.00 bits per heavy atom. The van der Waals surface area contributed by atoms with Gasteiger partial charge in [0.2, 0.25) is 0 Å². The van der Waals surface area contributed by atoms with E-state index in [0.717, 1.165) is 19.4 Å². The van der Waals surface area contributed by atoms with Crippen molar-refractivity contribution < 1.29 is 4.39 Å². The smallest absolute Gasteiger partial charge is 0.123 e. The van der Waals surface area contributed by atoms with Crippen LogP contribution < -0.4 is 5.32 Å². The molecule has 1 nitrogen and oxygen atoms in total. The molecule has 0 heterocycles. The molecule has 0 fully saturated rings. The second-order valence-corrected chi connectivity index (χ2v) is 5.45. The Morgan fingerprint density at radius 2 is 1.70 bits per heavy atom. The van der Waals surface area contributed by atoms with Gasteiger partial charge in [0.15, 0.2) is 0 Å². The highest BCUT2D eigenvalue weighted by Gasteiger charge is 2.10. The van der Waals surface area contributed by atoms with Crippen molar-refractivity contribution in [2.24, 2.45) is 5.92 Å². The highest BCUT2D eigenvalue weighted by Crippen LogP contribution is 2.16. The van der Waals surface area contributed by atoms with Crippen LogP contribution in [0.5, 0.6) is 0 Å². The third kappa shape index (κ3) is 4.46. The van der Waals surface area contributed by atoms with Gasteiger partial charge in [-0.05, 0) is 62.5 Å². The predicted octanol–water partition coefficient (Wildman–Crippen LogP) is 3.75. The molecule has 2 rings (SSSR count). The Balaban J connectivity index is 2.05. The molecular formula is C18H22FN. The Bertz CT molecular complexity index is 533. The van der Waals surface area contributed by atoms with Gasteiger partial charge in [-0.2, -0.15) is 0 Å². The first kappa shape index (κ1) is 14.7. The first-order valence-electron chi connectivity index (χ1n) is 7.12. The molecule has 0 bridgehead atoms. The topological polar surface area (TPSA) is 12.0 Å². The first-order valence-corrected chi connectivity index (χ1v) is 7.12. The lowest BCUT2D eigenvalue weighted by Crippen LogP contribution is -2.22. The lowest BCUT2D eigenvalue weighted by Gasteiger charge is -2.17. The largest absolute Gasteiger partial charge is 0.319 e. The van der Waals surface area contributed by atoms with E-state index in [1.165, 1.54) is 16.7 Å². The van der Waals surface area contributed by atoms with E-state index in [4.69, 9.17) is 0 Å². The average molecular weight is 271 g/mol. The molecule has 0 saturated carbocycles. The molecule has 1 N–H and O–H groups in total. The maximum atomic E-state index is 13.0. The van der Waals surface area contributed by atoms with E-state index in [2.05, 4.69) is 36.5 Å². The van der Waals surface area contributed by atoms with E-state index in [0.29, 0.717) is 5.92 Å². The predicted molar refractivity (Wildman–Crippen MR) is 82.4 cm³/mol. The monoisotopic (exact) mass is 271 g/mol. The van der Waals surface area contributed by atoms with Crippen molar-refractivity contribution in [1.29, 1.82) is 0 Å². The van der Waals surface area contributed by atoms with Gasteiger partial charge in [-0.1, -0.05) is 42.0 Å². The van der Waals surface area contributed by atoms with Crippen LogP contribution in [0, 0.1) is 18.7 Å². The van der Waals surface area contributed by atoms with Crippen molar-refractivity contribution >= 4 is 0 Å². The van der Waals surface area contributed by atoms with Crippen LogP contribution in [-0.2, 0) is 12.8 Å². The van der Waals surface area contributed by atoms with E-state index < -0.39 is 0 Å². The fraction of sp³-hybridized carbons (Fsp3) is 0.333. The minimum atomic E-state index is -0.169. The van der Waals surface area contributed by atoms with Crippen molar-refractivity contribution in [1.82, 2.24) is 5.32 Å². The molecule has 1 unspecified atom stereocenters. The molecule has 0 aromatic heterocycles. The van der Waals surface area contributed by atoms with Gasteiger partial charge < -0.3 is 5.32 Å². The molecule has 0 radical (unpaired) electrons. The Kier molecular flexibility index (Phi) is 5.31. The Morgan fingerprint density at radius 3 is 2.35 bits per heavy atom. The number of halogens is 1. The lowest BCUT2D eigenvalue weighted by molar-refractivity contribution is 0.492. The zero-order valence-electron chi connectivity index (χ0n) is 12.2. The highest BCUT2D eigenvalue weighted by atomic mass is 19.1. The number of aryl methyl sites for hydroxylation is 1. The minimum Gasteiger partial charge on any atom is -0.319 e. The Hall–Kier alpha value is -1.67. The van der Waals surface area contributed by atoms with Crippen LogP contribution in [0.3, 0.4) is 0 Å². The van der Waals surface area contributed by atoms with Gasteiger partial charge in [-0.25, -0.2) is 4.39 Å². The summed E-state index contributed by atoms with van der Waals surface area (Å²) in [6, 6.07) is 15.5. The van der Waals surface area contributed by atoms with Crippen molar-refractivity contribution in [3.8, 4) is 0 Å². The Labute approximate surface area is 120 Å². The van der Waals surface area contributed by atoms with Crippen LogP contribution in [0.1, 0.15) is 16.7 Å². The second-order valence-electron chi connectivity index (χ2n) is 5.45. The van der Waals surface area contributed by atoms with E-state index >= 15 is 0 Å². The van der Waals surface area contributed by atoms with Crippen molar-refractivity contribution in [3.63, 3.8) is 0 Å². The molecule has 2 aromatic rings. The van der Waals surface area contributed by atoms with Gasteiger partial charge in [0, 0.05) is 0 Å². The zero-order chi connectivity index (χ0) is 14.4. The number of nitrogens with one attached hydrogen (secondary N) is 1. The van der Waals surface area contributed by atoms with Crippen LogP contribution >= 0.6 is 0 Å². The van der Waals surface area contributed by atoms with E-state index in [9.17, 15) is 4.39 Å². The van der Waals surface area contributed by atoms with Gasteiger partial charge in [0.1, 0.15) is 5.82 Å². The molecule has 1 atom stereocenters. The first-order chi connectivity index (χ1) is 9.67. The van der Waals surface area contributed by atoms with Crippen molar-refractivity contribution in [2.45, 2.75) is 19.8 Å². The molecule has 0 spiro atoms. The van der Waals surface area contributed by atoms with Gasteiger partial charge >= 0.3 is 0 Å². The molecule has 2 heteroatoms. The number of hydrogen-bond donors (Lipinski definition) is 1. The van der Waals surface area contributed by atoms with Crippen LogP contribution in [0.15, 0.2) is 48.5 Å². The van der Waals surface area contributed by atoms with Gasteiger partial charge in [-0.3, -0.25) is 0 Å². The lowest BCUT2D eigenvalue weighted by atomic mass is 9.92. The average Bonchev–Trinajstić information content (AvgIpc) is 2.42. The quantitative estimate of drug-likeness (QED) is 0.843. The van der Waals surface area contributed by atoms with Crippen molar-refractivity contribution in [3.05, 3.63) is 71.0 Å². The normalized spacial score (nSPS) is 12.3. The molecule has 2 aromatic carbocycles.